The first-order valence-corrected chi connectivity index (χ1v) is 7.42. The lowest BCUT2D eigenvalue weighted by Crippen LogP contribution is -2.15. The fourth-order valence-corrected chi connectivity index (χ4v) is 2.52. The van der Waals surface area contributed by atoms with E-state index in [1.54, 1.807) is 26.5 Å². The van der Waals surface area contributed by atoms with Crippen molar-refractivity contribution in [1.82, 2.24) is 15.3 Å². The van der Waals surface area contributed by atoms with Crippen LogP contribution in [0.5, 0.6) is 11.5 Å². The van der Waals surface area contributed by atoms with Gasteiger partial charge in [-0.1, -0.05) is 18.2 Å². The van der Waals surface area contributed by atoms with Crippen molar-refractivity contribution in [3.8, 4) is 11.5 Å². The third kappa shape index (κ3) is 3.40. The molecule has 0 aliphatic carbocycles. The van der Waals surface area contributed by atoms with E-state index in [1.807, 2.05) is 24.4 Å². The Bertz CT molecular complexity index is 805. The van der Waals surface area contributed by atoms with E-state index in [-0.39, 0.29) is 0 Å². The van der Waals surface area contributed by atoms with Crippen molar-refractivity contribution in [3.05, 3.63) is 60.0 Å². The van der Waals surface area contributed by atoms with Crippen LogP contribution in [0.1, 0.15) is 11.3 Å². The summed E-state index contributed by atoms with van der Waals surface area (Å²) in [6, 6.07) is 12.0. The summed E-state index contributed by atoms with van der Waals surface area (Å²) in [4.78, 5) is 8.82. The third-order valence-corrected chi connectivity index (χ3v) is 3.63. The molecule has 118 valence electrons. The summed E-state index contributed by atoms with van der Waals surface area (Å²) in [5.41, 5.74) is 2.96. The zero-order valence-electron chi connectivity index (χ0n) is 13.2. The van der Waals surface area contributed by atoms with Crippen molar-refractivity contribution in [2.24, 2.45) is 0 Å². The second-order valence-electron chi connectivity index (χ2n) is 5.13. The van der Waals surface area contributed by atoms with Gasteiger partial charge < -0.3 is 14.8 Å². The van der Waals surface area contributed by atoms with Gasteiger partial charge >= 0.3 is 0 Å². The fourth-order valence-electron chi connectivity index (χ4n) is 2.52. The largest absolute Gasteiger partial charge is 0.493 e. The molecule has 2 heterocycles. The van der Waals surface area contributed by atoms with Gasteiger partial charge in [-0.3, -0.25) is 9.97 Å². The Morgan fingerprint density at radius 3 is 2.70 bits per heavy atom. The van der Waals surface area contributed by atoms with Crippen molar-refractivity contribution in [3.63, 3.8) is 0 Å². The molecule has 0 spiro atoms. The first kappa shape index (κ1) is 15.2. The Labute approximate surface area is 135 Å². The summed E-state index contributed by atoms with van der Waals surface area (Å²) >= 11 is 0. The van der Waals surface area contributed by atoms with E-state index in [4.69, 9.17) is 9.47 Å². The number of nitrogens with one attached hydrogen (secondary N) is 1. The van der Waals surface area contributed by atoms with Gasteiger partial charge in [0.15, 0.2) is 11.5 Å². The number of nitrogens with zero attached hydrogens (tertiary/aromatic N) is 2. The van der Waals surface area contributed by atoms with E-state index >= 15 is 0 Å². The lowest BCUT2D eigenvalue weighted by Gasteiger charge is -2.12. The summed E-state index contributed by atoms with van der Waals surface area (Å²) in [5, 5.41) is 4.51. The molecular formula is C18H19N3O2. The zero-order chi connectivity index (χ0) is 16.1. The van der Waals surface area contributed by atoms with Gasteiger partial charge in [0.2, 0.25) is 0 Å². The Morgan fingerprint density at radius 2 is 1.87 bits per heavy atom. The zero-order valence-corrected chi connectivity index (χ0v) is 13.2. The quantitative estimate of drug-likeness (QED) is 0.758. The standard InChI is InChI=1S/C18H19N3O2/c1-22-17-7-8-20-16(18(17)23-2)12-19-10-13-9-14-5-3-4-6-15(14)21-11-13/h3-9,11,19H,10,12H2,1-2H3. The molecule has 0 fully saturated rings. The van der Waals surface area contributed by atoms with Gasteiger partial charge in [0.25, 0.3) is 0 Å². The maximum atomic E-state index is 5.39. The van der Waals surface area contributed by atoms with Crippen LogP contribution in [0.4, 0.5) is 0 Å². The highest BCUT2D eigenvalue weighted by molar-refractivity contribution is 5.78. The van der Waals surface area contributed by atoms with Crippen molar-refractivity contribution in [2.75, 3.05) is 14.2 Å². The highest BCUT2D eigenvalue weighted by Gasteiger charge is 2.10. The van der Waals surface area contributed by atoms with Crippen molar-refractivity contribution < 1.29 is 9.47 Å². The molecule has 5 nitrogen and oxygen atoms in total. The predicted octanol–water partition coefficient (Wildman–Crippen LogP) is 2.94. The molecule has 1 aromatic carbocycles. The minimum atomic E-state index is 0.590. The number of benzene rings is 1. The molecule has 0 saturated carbocycles. The lowest BCUT2D eigenvalue weighted by molar-refractivity contribution is 0.348. The molecule has 0 radical (unpaired) electrons. The van der Waals surface area contributed by atoms with Crippen LogP contribution in [0.3, 0.4) is 0 Å². The van der Waals surface area contributed by atoms with E-state index in [9.17, 15) is 0 Å². The molecule has 5 heteroatoms. The van der Waals surface area contributed by atoms with Crippen LogP contribution in [-0.2, 0) is 13.1 Å². The van der Waals surface area contributed by atoms with Crippen LogP contribution in [0.2, 0.25) is 0 Å². The fraction of sp³-hybridized carbons (Fsp3) is 0.222. The van der Waals surface area contributed by atoms with Gasteiger partial charge in [-0.2, -0.15) is 0 Å². The number of rotatable bonds is 6. The van der Waals surface area contributed by atoms with Crippen LogP contribution in [0.15, 0.2) is 48.8 Å². The van der Waals surface area contributed by atoms with Gasteiger partial charge in [0, 0.05) is 36.9 Å². The summed E-state index contributed by atoms with van der Waals surface area (Å²) in [6.07, 6.45) is 3.61. The summed E-state index contributed by atoms with van der Waals surface area (Å²) in [6.45, 7) is 1.30. The monoisotopic (exact) mass is 309 g/mol. The van der Waals surface area contributed by atoms with Gasteiger partial charge in [-0.15, -0.1) is 0 Å². The molecule has 0 aliphatic heterocycles. The summed E-state index contributed by atoms with van der Waals surface area (Å²) < 4.78 is 10.7. The van der Waals surface area contributed by atoms with E-state index in [0.717, 1.165) is 22.2 Å². The number of hydrogen-bond acceptors (Lipinski definition) is 5. The van der Waals surface area contributed by atoms with Crippen molar-refractivity contribution in [1.29, 1.82) is 0 Å². The minimum Gasteiger partial charge on any atom is -0.493 e. The second kappa shape index (κ2) is 7.07. The maximum Gasteiger partial charge on any atom is 0.183 e. The molecule has 2 aromatic heterocycles. The highest BCUT2D eigenvalue weighted by Crippen LogP contribution is 2.28. The van der Waals surface area contributed by atoms with Gasteiger partial charge in [-0.25, -0.2) is 0 Å². The average molecular weight is 309 g/mol. The van der Waals surface area contributed by atoms with Crippen molar-refractivity contribution in [2.45, 2.75) is 13.1 Å². The number of methoxy groups -OCH3 is 2. The number of para-hydroxylation sites is 1. The molecule has 0 atom stereocenters. The van der Waals surface area contributed by atoms with Crippen LogP contribution in [0, 0.1) is 0 Å². The maximum absolute atomic E-state index is 5.39. The molecule has 0 bridgehead atoms. The SMILES string of the molecule is COc1ccnc(CNCc2cnc3ccccc3c2)c1OC. The Hall–Kier alpha value is -2.66. The first-order valence-electron chi connectivity index (χ1n) is 7.42. The molecule has 3 aromatic rings. The second-order valence-corrected chi connectivity index (χ2v) is 5.13. The predicted molar refractivity (Wildman–Crippen MR) is 89.6 cm³/mol. The topological polar surface area (TPSA) is 56.3 Å². The molecule has 23 heavy (non-hydrogen) atoms. The molecule has 0 unspecified atom stereocenters. The van der Waals surface area contributed by atoms with Crippen LogP contribution >= 0.6 is 0 Å². The van der Waals surface area contributed by atoms with Gasteiger partial charge in [0.05, 0.1) is 25.4 Å². The van der Waals surface area contributed by atoms with E-state index in [2.05, 4.69) is 27.4 Å². The Kier molecular flexibility index (Phi) is 4.68. The number of fused-ring (bicyclic) bond motifs is 1. The number of hydrogen-bond donors (Lipinski definition) is 1. The molecular weight excluding hydrogens is 290 g/mol. The van der Waals surface area contributed by atoms with Crippen LogP contribution in [0.25, 0.3) is 10.9 Å². The first-order chi connectivity index (χ1) is 11.3. The van der Waals surface area contributed by atoms with Crippen molar-refractivity contribution >= 4 is 10.9 Å². The number of pyridine rings is 2. The van der Waals surface area contributed by atoms with E-state index in [1.165, 1.54) is 0 Å². The molecule has 0 saturated heterocycles. The van der Waals surface area contributed by atoms with Gasteiger partial charge in [-0.05, 0) is 17.7 Å². The highest BCUT2D eigenvalue weighted by atomic mass is 16.5. The molecule has 0 aliphatic rings. The summed E-state index contributed by atoms with van der Waals surface area (Å²) in [5.74, 6) is 1.35. The molecule has 1 N–H and O–H groups in total. The number of ether oxygens (including phenoxy) is 2. The van der Waals surface area contributed by atoms with E-state index in [0.29, 0.717) is 24.6 Å². The van der Waals surface area contributed by atoms with Gasteiger partial charge in [0.1, 0.15) is 0 Å². The van der Waals surface area contributed by atoms with E-state index < -0.39 is 0 Å². The number of aromatic nitrogens is 2. The third-order valence-electron chi connectivity index (χ3n) is 3.63. The molecule has 0 amide bonds. The normalized spacial score (nSPS) is 10.7. The smallest absolute Gasteiger partial charge is 0.183 e. The minimum absolute atomic E-state index is 0.590. The average Bonchev–Trinajstić information content (AvgIpc) is 2.61. The lowest BCUT2D eigenvalue weighted by atomic mass is 10.1. The van der Waals surface area contributed by atoms with Crippen LogP contribution in [-0.4, -0.2) is 24.2 Å². The summed E-state index contributed by atoms with van der Waals surface area (Å²) in [7, 11) is 3.24. The van der Waals surface area contributed by atoms with Crippen LogP contribution < -0.4 is 14.8 Å². The Balaban J connectivity index is 1.69. The molecule has 3 rings (SSSR count). The Morgan fingerprint density at radius 1 is 1.00 bits per heavy atom.